The van der Waals surface area contributed by atoms with Gasteiger partial charge < -0.3 is 10.6 Å². The molecule has 0 bridgehead atoms. The molecule has 1 aliphatic heterocycles. The molecule has 0 saturated heterocycles. The van der Waals surface area contributed by atoms with E-state index >= 15 is 0 Å². The number of nitrogens with one attached hydrogen (secondary N) is 2. The number of carbonyl (C=O) groups excluding carboxylic acids is 2. The number of halogens is 2. The molecule has 8 heteroatoms. The zero-order valence-corrected chi connectivity index (χ0v) is 19.0. The standard InChI is InChI=1S/C27H22F2N4O2/c1-15-8-11-19(12-9-15)33-25-22(16(2)32-33)23(18-10-13-20(28)21(29)14-18)24(27(35)31-25)30-26(34)17-6-4-3-5-7-17/h3-14,23-24H,1-2H3,(H,30,34)(H,31,35). The van der Waals surface area contributed by atoms with E-state index in [0.717, 1.165) is 23.4 Å². The molecule has 2 atom stereocenters. The van der Waals surface area contributed by atoms with Gasteiger partial charge in [0.2, 0.25) is 5.91 Å². The fourth-order valence-corrected chi connectivity index (χ4v) is 4.45. The Labute approximate surface area is 200 Å². The van der Waals surface area contributed by atoms with Gasteiger partial charge in [0, 0.05) is 17.0 Å². The number of benzene rings is 3. The molecule has 1 aromatic heterocycles. The van der Waals surface area contributed by atoms with Crippen molar-refractivity contribution in [2.75, 3.05) is 5.32 Å². The summed E-state index contributed by atoms with van der Waals surface area (Å²) in [5, 5.41) is 10.3. The molecule has 2 N–H and O–H groups in total. The Morgan fingerprint density at radius 2 is 1.69 bits per heavy atom. The van der Waals surface area contributed by atoms with Gasteiger partial charge in [-0.05, 0) is 55.8 Å². The van der Waals surface area contributed by atoms with E-state index in [0.29, 0.717) is 28.2 Å². The zero-order chi connectivity index (χ0) is 24.7. The third-order valence-electron chi connectivity index (χ3n) is 6.18. The molecule has 0 fully saturated rings. The van der Waals surface area contributed by atoms with Crippen LogP contribution in [0, 0.1) is 25.5 Å². The highest BCUT2D eigenvalue weighted by Crippen LogP contribution is 2.41. The van der Waals surface area contributed by atoms with Crippen molar-refractivity contribution in [3.63, 3.8) is 0 Å². The van der Waals surface area contributed by atoms with Crippen LogP contribution in [0.4, 0.5) is 14.6 Å². The lowest BCUT2D eigenvalue weighted by Crippen LogP contribution is -2.50. The summed E-state index contributed by atoms with van der Waals surface area (Å²) in [6.07, 6.45) is 0. The van der Waals surface area contributed by atoms with E-state index in [2.05, 4.69) is 15.7 Å². The molecule has 4 aromatic rings. The van der Waals surface area contributed by atoms with Crippen molar-refractivity contribution in [2.24, 2.45) is 0 Å². The summed E-state index contributed by atoms with van der Waals surface area (Å²) in [4.78, 5) is 26.3. The molecule has 0 spiro atoms. The summed E-state index contributed by atoms with van der Waals surface area (Å²) in [6.45, 7) is 3.75. The van der Waals surface area contributed by atoms with Gasteiger partial charge in [0.25, 0.3) is 5.91 Å². The molecule has 3 aromatic carbocycles. The van der Waals surface area contributed by atoms with Gasteiger partial charge in [0.15, 0.2) is 11.6 Å². The molecule has 0 aliphatic carbocycles. The van der Waals surface area contributed by atoms with E-state index in [9.17, 15) is 18.4 Å². The smallest absolute Gasteiger partial charge is 0.251 e. The van der Waals surface area contributed by atoms with Crippen LogP contribution in [0.15, 0.2) is 72.8 Å². The molecule has 0 radical (unpaired) electrons. The molecule has 35 heavy (non-hydrogen) atoms. The first kappa shape index (κ1) is 22.5. The van der Waals surface area contributed by atoms with E-state index in [1.54, 1.807) is 41.9 Å². The summed E-state index contributed by atoms with van der Waals surface area (Å²) in [5.41, 5.74) is 3.74. The first-order valence-corrected chi connectivity index (χ1v) is 11.1. The van der Waals surface area contributed by atoms with Crippen molar-refractivity contribution in [3.05, 3.63) is 112 Å². The normalized spacial score (nSPS) is 17.0. The van der Waals surface area contributed by atoms with E-state index in [1.807, 2.05) is 31.2 Å². The second-order valence-corrected chi connectivity index (χ2v) is 8.55. The van der Waals surface area contributed by atoms with Crippen molar-refractivity contribution in [2.45, 2.75) is 25.8 Å². The summed E-state index contributed by atoms with van der Waals surface area (Å²) in [5.74, 6) is -3.33. The van der Waals surface area contributed by atoms with Gasteiger partial charge in [0.1, 0.15) is 11.9 Å². The van der Waals surface area contributed by atoms with Gasteiger partial charge in [-0.25, -0.2) is 13.5 Å². The third-order valence-corrected chi connectivity index (χ3v) is 6.18. The monoisotopic (exact) mass is 472 g/mol. The number of rotatable bonds is 4. The summed E-state index contributed by atoms with van der Waals surface area (Å²) in [7, 11) is 0. The van der Waals surface area contributed by atoms with Crippen molar-refractivity contribution < 1.29 is 18.4 Å². The summed E-state index contributed by atoms with van der Waals surface area (Å²) < 4.78 is 29.7. The maximum Gasteiger partial charge on any atom is 0.251 e. The van der Waals surface area contributed by atoms with E-state index < -0.39 is 35.4 Å². The van der Waals surface area contributed by atoms with Gasteiger partial charge in [-0.2, -0.15) is 5.10 Å². The van der Waals surface area contributed by atoms with E-state index in [1.165, 1.54) is 6.07 Å². The minimum atomic E-state index is -1.07. The summed E-state index contributed by atoms with van der Waals surface area (Å²) >= 11 is 0. The topological polar surface area (TPSA) is 76.0 Å². The Morgan fingerprint density at radius 1 is 0.971 bits per heavy atom. The van der Waals surface area contributed by atoms with E-state index in [4.69, 9.17) is 0 Å². The molecule has 6 nitrogen and oxygen atoms in total. The second kappa shape index (κ2) is 8.79. The van der Waals surface area contributed by atoms with Gasteiger partial charge >= 0.3 is 0 Å². The Balaban J connectivity index is 1.64. The number of anilines is 1. The van der Waals surface area contributed by atoms with Crippen LogP contribution in [0.5, 0.6) is 0 Å². The number of hydrogen-bond acceptors (Lipinski definition) is 3. The van der Waals surface area contributed by atoms with Crippen LogP contribution in [0.2, 0.25) is 0 Å². The highest BCUT2D eigenvalue weighted by molar-refractivity contribution is 6.04. The number of amides is 2. The lowest BCUT2D eigenvalue weighted by Gasteiger charge is -2.33. The minimum Gasteiger partial charge on any atom is -0.339 e. The molecular weight excluding hydrogens is 450 g/mol. The Kier molecular flexibility index (Phi) is 5.64. The fourth-order valence-electron chi connectivity index (χ4n) is 4.45. The largest absolute Gasteiger partial charge is 0.339 e. The molecule has 2 heterocycles. The van der Waals surface area contributed by atoms with Crippen LogP contribution in [0.3, 0.4) is 0 Å². The second-order valence-electron chi connectivity index (χ2n) is 8.55. The lowest BCUT2D eigenvalue weighted by molar-refractivity contribution is -0.118. The molecule has 0 saturated carbocycles. The number of carbonyl (C=O) groups is 2. The first-order chi connectivity index (χ1) is 16.8. The van der Waals surface area contributed by atoms with Crippen LogP contribution in [0.1, 0.15) is 38.7 Å². The molecule has 2 amide bonds. The van der Waals surface area contributed by atoms with Gasteiger partial charge in [0.05, 0.1) is 11.4 Å². The van der Waals surface area contributed by atoms with Gasteiger partial charge in [-0.15, -0.1) is 0 Å². The van der Waals surface area contributed by atoms with Crippen molar-refractivity contribution in [1.29, 1.82) is 0 Å². The average Bonchev–Trinajstić information content (AvgIpc) is 3.18. The van der Waals surface area contributed by atoms with Crippen LogP contribution >= 0.6 is 0 Å². The highest BCUT2D eigenvalue weighted by atomic mass is 19.2. The Morgan fingerprint density at radius 3 is 2.37 bits per heavy atom. The highest BCUT2D eigenvalue weighted by Gasteiger charge is 2.42. The van der Waals surface area contributed by atoms with Crippen LogP contribution < -0.4 is 10.6 Å². The number of aryl methyl sites for hydroxylation is 2. The Bertz CT molecular complexity index is 1430. The molecule has 176 valence electrons. The van der Waals surface area contributed by atoms with Gasteiger partial charge in [-0.3, -0.25) is 9.59 Å². The maximum atomic E-state index is 14.3. The first-order valence-electron chi connectivity index (χ1n) is 11.1. The lowest BCUT2D eigenvalue weighted by atomic mass is 9.81. The third kappa shape index (κ3) is 4.07. The number of aromatic nitrogens is 2. The zero-order valence-electron chi connectivity index (χ0n) is 19.0. The van der Waals surface area contributed by atoms with Crippen molar-refractivity contribution >= 4 is 17.6 Å². The van der Waals surface area contributed by atoms with Crippen LogP contribution in [0.25, 0.3) is 5.69 Å². The SMILES string of the molecule is Cc1ccc(-n2nc(C)c3c2NC(=O)C(NC(=O)c2ccccc2)C3c2ccc(F)c(F)c2)cc1. The molecule has 1 aliphatic rings. The summed E-state index contributed by atoms with van der Waals surface area (Å²) in [6, 6.07) is 18.5. The molecule has 5 rings (SSSR count). The quantitative estimate of drug-likeness (QED) is 0.454. The van der Waals surface area contributed by atoms with Gasteiger partial charge in [-0.1, -0.05) is 42.0 Å². The molecular formula is C27H22F2N4O2. The number of nitrogens with zero attached hydrogens (tertiary/aromatic N) is 2. The molecule has 2 unspecified atom stereocenters. The van der Waals surface area contributed by atoms with Crippen LogP contribution in [-0.4, -0.2) is 27.6 Å². The predicted molar refractivity (Wildman–Crippen MR) is 128 cm³/mol. The van der Waals surface area contributed by atoms with E-state index in [-0.39, 0.29) is 0 Å². The van der Waals surface area contributed by atoms with Crippen molar-refractivity contribution in [1.82, 2.24) is 15.1 Å². The Hall–Kier alpha value is -4.33. The minimum absolute atomic E-state index is 0.352. The maximum absolute atomic E-state index is 14.3. The average molecular weight is 472 g/mol. The van der Waals surface area contributed by atoms with Crippen LogP contribution in [-0.2, 0) is 4.79 Å². The fraction of sp³-hybridized carbons (Fsp3) is 0.148. The number of fused-ring (bicyclic) bond motifs is 1. The predicted octanol–water partition coefficient (Wildman–Crippen LogP) is 4.65. The number of hydrogen-bond donors (Lipinski definition) is 2. The van der Waals surface area contributed by atoms with Crippen molar-refractivity contribution in [3.8, 4) is 5.69 Å².